The average Bonchev–Trinajstić information content (AvgIpc) is 2.98. The number of anilines is 4. The normalized spacial score (nSPS) is 15.8. The molecule has 3 aromatic heterocycles. The molecule has 6 rings (SSSR count). The summed E-state index contributed by atoms with van der Waals surface area (Å²) in [7, 11) is 0. The Morgan fingerprint density at radius 2 is 1.93 bits per heavy atom. The van der Waals surface area contributed by atoms with Gasteiger partial charge < -0.3 is 20.5 Å². The molecule has 204 valence electrons. The first kappa shape index (κ1) is 25.7. The Labute approximate surface area is 231 Å². The number of nitrogens with one attached hydrogen (secondary N) is 3. The van der Waals surface area contributed by atoms with E-state index in [1.54, 1.807) is 30.5 Å². The van der Waals surface area contributed by atoms with Crippen LogP contribution in [0.2, 0.25) is 0 Å². The second-order valence-corrected chi connectivity index (χ2v) is 10.4. The van der Waals surface area contributed by atoms with E-state index in [-0.39, 0.29) is 22.9 Å². The number of pyridine rings is 3. The van der Waals surface area contributed by atoms with Crippen LogP contribution < -0.4 is 21.1 Å². The molecule has 1 aliphatic carbocycles. The molecule has 3 N–H and O–H groups in total. The smallest absolute Gasteiger partial charge is 0.259 e. The summed E-state index contributed by atoms with van der Waals surface area (Å²) < 4.78 is 15.4. The topological polar surface area (TPSA) is 103 Å². The molecular formula is C31H31FN6O2. The molecular weight excluding hydrogens is 507 g/mol. The van der Waals surface area contributed by atoms with Crippen molar-refractivity contribution >= 4 is 39.7 Å². The number of hydrogen-bond acceptors (Lipinski definition) is 6. The van der Waals surface area contributed by atoms with Crippen LogP contribution in [0, 0.1) is 11.7 Å². The molecule has 1 saturated carbocycles. The van der Waals surface area contributed by atoms with Gasteiger partial charge in [-0.05, 0) is 61.7 Å². The van der Waals surface area contributed by atoms with Crippen molar-refractivity contribution in [1.82, 2.24) is 15.0 Å². The molecule has 4 heterocycles. The predicted octanol–water partition coefficient (Wildman–Crippen LogP) is 6.15. The Morgan fingerprint density at radius 1 is 1.05 bits per heavy atom. The van der Waals surface area contributed by atoms with Crippen molar-refractivity contribution in [3.05, 3.63) is 83.2 Å². The molecule has 2 aliphatic rings. The van der Waals surface area contributed by atoms with Crippen molar-refractivity contribution in [2.45, 2.75) is 38.5 Å². The van der Waals surface area contributed by atoms with E-state index in [0.717, 1.165) is 57.3 Å². The van der Waals surface area contributed by atoms with Crippen LogP contribution >= 0.6 is 0 Å². The Bertz CT molecular complexity index is 1630. The van der Waals surface area contributed by atoms with Crippen molar-refractivity contribution in [3.63, 3.8) is 0 Å². The Kier molecular flexibility index (Phi) is 7.27. The summed E-state index contributed by atoms with van der Waals surface area (Å²) in [5.74, 6) is -0.0391. The maximum atomic E-state index is 15.4. The fourth-order valence-corrected chi connectivity index (χ4v) is 5.50. The van der Waals surface area contributed by atoms with Gasteiger partial charge in [-0.1, -0.05) is 31.4 Å². The van der Waals surface area contributed by atoms with Crippen molar-refractivity contribution in [2.75, 3.05) is 28.6 Å². The van der Waals surface area contributed by atoms with Gasteiger partial charge in [0.1, 0.15) is 11.6 Å². The molecule has 1 fully saturated rings. The van der Waals surface area contributed by atoms with Gasteiger partial charge in [-0.3, -0.25) is 9.59 Å². The molecule has 0 atom stereocenters. The fraction of sp³-hybridized carbons (Fsp3) is 0.290. The Hall–Kier alpha value is -4.53. The van der Waals surface area contributed by atoms with E-state index in [1.807, 2.05) is 12.1 Å². The number of H-pyrrole nitrogens is 1. The summed E-state index contributed by atoms with van der Waals surface area (Å²) in [4.78, 5) is 39.5. The first-order valence-electron chi connectivity index (χ1n) is 13.8. The van der Waals surface area contributed by atoms with Crippen molar-refractivity contribution in [3.8, 4) is 11.3 Å². The summed E-state index contributed by atoms with van der Waals surface area (Å²) >= 11 is 0. The Balaban J connectivity index is 1.29. The maximum absolute atomic E-state index is 15.4. The number of halogens is 1. The minimum Gasteiger partial charge on any atom is -0.366 e. The van der Waals surface area contributed by atoms with Gasteiger partial charge in [-0.25, -0.2) is 14.4 Å². The van der Waals surface area contributed by atoms with Gasteiger partial charge >= 0.3 is 0 Å². The number of nitrogens with zero attached hydrogens (tertiary/aromatic N) is 3. The van der Waals surface area contributed by atoms with Crippen LogP contribution in [0.4, 0.5) is 27.3 Å². The van der Waals surface area contributed by atoms with E-state index in [9.17, 15) is 9.59 Å². The number of amides is 1. The van der Waals surface area contributed by atoms with Gasteiger partial charge in [-0.2, -0.15) is 0 Å². The third-order valence-corrected chi connectivity index (χ3v) is 7.65. The highest BCUT2D eigenvalue weighted by Crippen LogP contribution is 2.32. The van der Waals surface area contributed by atoms with Crippen LogP contribution in [0.15, 0.2) is 71.8 Å². The number of hydrogen-bond donors (Lipinski definition) is 3. The summed E-state index contributed by atoms with van der Waals surface area (Å²) in [6, 6.07) is 11.8. The lowest BCUT2D eigenvalue weighted by molar-refractivity contribution is -0.120. The number of aromatic nitrogens is 3. The van der Waals surface area contributed by atoms with Crippen molar-refractivity contribution < 1.29 is 9.18 Å². The van der Waals surface area contributed by atoms with E-state index < -0.39 is 5.82 Å². The highest BCUT2D eigenvalue weighted by molar-refractivity contribution is 5.95. The molecule has 40 heavy (non-hydrogen) atoms. The number of aromatic amines is 1. The van der Waals surface area contributed by atoms with E-state index in [0.29, 0.717) is 33.8 Å². The van der Waals surface area contributed by atoms with Gasteiger partial charge in [-0.15, -0.1) is 0 Å². The van der Waals surface area contributed by atoms with Crippen LogP contribution in [-0.2, 0) is 4.79 Å². The maximum Gasteiger partial charge on any atom is 0.259 e. The largest absolute Gasteiger partial charge is 0.366 e. The van der Waals surface area contributed by atoms with Gasteiger partial charge in [0.15, 0.2) is 0 Å². The second-order valence-electron chi connectivity index (χ2n) is 10.4. The minimum atomic E-state index is -0.512. The molecule has 1 aromatic carbocycles. The van der Waals surface area contributed by atoms with Crippen molar-refractivity contribution in [2.24, 2.45) is 5.92 Å². The zero-order valence-corrected chi connectivity index (χ0v) is 22.1. The molecule has 0 unspecified atom stereocenters. The summed E-state index contributed by atoms with van der Waals surface area (Å²) in [5.41, 5.74) is 2.65. The van der Waals surface area contributed by atoms with Crippen molar-refractivity contribution in [1.29, 1.82) is 0 Å². The predicted molar refractivity (Wildman–Crippen MR) is 156 cm³/mol. The van der Waals surface area contributed by atoms with Gasteiger partial charge in [0, 0.05) is 36.5 Å². The molecule has 1 amide bonds. The number of rotatable bonds is 6. The first-order chi connectivity index (χ1) is 19.5. The average molecular weight is 539 g/mol. The monoisotopic (exact) mass is 538 g/mol. The number of carbonyl (C=O) groups is 1. The molecule has 4 aromatic rings. The highest BCUT2D eigenvalue weighted by Gasteiger charge is 2.22. The third kappa shape index (κ3) is 5.45. The highest BCUT2D eigenvalue weighted by atomic mass is 19.1. The first-order valence-corrected chi connectivity index (χ1v) is 13.8. The zero-order chi connectivity index (χ0) is 27.5. The van der Waals surface area contributed by atoms with Gasteiger partial charge in [0.05, 0.1) is 34.2 Å². The lowest BCUT2D eigenvalue weighted by Gasteiger charge is -2.25. The summed E-state index contributed by atoms with van der Waals surface area (Å²) in [5, 5.41) is 6.46. The van der Waals surface area contributed by atoms with Crippen LogP contribution in [0.25, 0.3) is 22.2 Å². The zero-order valence-electron chi connectivity index (χ0n) is 22.1. The standard InChI is InChI=1S/C31H31FN6O2/c32-24-17-21(35-30(39)20-7-3-1-4-8-20)9-11-23(24)26-18-27(29-25(36-26)13-14-33-31(29)40)37-28-12-10-22(19-34-28)38-15-5-2-6-16-38/h2,5,9-14,17-20H,1,3-4,6-8,15-16H2,(H,33,40)(H,35,39)(H,34,36,37). The molecule has 0 spiro atoms. The molecule has 1 aliphatic heterocycles. The summed E-state index contributed by atoms with van der Waals surface area (Å²) in [6.07, 6.45) is 13.6. The fourth-order valence-electron chi connectivity index (χ4n) is 5.50. The van der Waals surface area contributed by atoms with Crippen LogP contribution in [0.3, 0.4) is 0 Å². The van der Waals surface area contributed by atoms with Crippen LogP contribution in [-0.4, -0.2) is 33.9 Å². The van der Waals surface area contributed by atoms with Gasteiger partial charge in [0.25, 0.3) is 5.56 Å². The minimum absolute atomic E-state index is 0.0234. The van der Waals surface area contributed by atoms with E-state index in [2.05, 4.69) is 42.6 Å². The Morgan fingerprint density at radius 3 is 2.67 bits per heavy atom. The molecule has 8 nitrogen and oxygen atoms in total. The lowest BCUT2D eigenvalue weighted by atomic mass is 9.88. The van der Waals surface area contributed by atoms with E-state index in [4.69, 9.17) is 0 Å². The molecule has 9 heteroatoms. The quantitative estimate of drug-likeness (QED) is 0.254. The van der Waals surface area contributed by atoms with Crippen LogP contribution in [0.1, 0.15) is 38.5 Å². The van der Waals surface area contributed by atoms with Gasteiger partial charge in [0.2, 0.25) is 5.91 Å². The number of benzene rings is 1. The SMILES string of the molecule is O=C(Nc1ccc(-c2cc(Nc3ccc(N4CC=CCC4)cn3)c3c(=O)[nH]ccc3n2)c(F)c1)C1CCCCC1. The number of carbonyl (C=O) groups excluding carboxylic acids is 1. The molecule has 0 saturated heterocycles. The molecule has 0 radical (unpaired) electrons. The molecule has 0 bridgehead atoms. The summed E-state index contributed by atoms with van der Waals surface area (Å²) in [6.45, 7) is 1.78. The number of fused-ring (bicyclic) bond motifs is 1. The third-order valence-electron chi connectivity index (χ3n) is 7.65. The van der Waals surface area contributed by atoms with E-state index in [1.165, 1.54) is 12.3 Å². The lowest BCUT2D eigenvalue weighted by Crippen LogP contribution is -2.26. The van der Waals surface area contributed by atoms with E-state index >= 15 is 4.39 Å². The van der Waals surface area contributed by atoms with Crippen LogP contribution in [0.5, 0.6) is 0 Å². The second kappa shape index (κ2) is 11.3.